The minimum atomic E-state index is -0.0272. The quantitative estimate of drug-likeness (QED) is 0.429. The highest BCUT2D eigenvalue weighted by Gasteiger charge is 2.17. The predicted octanol–water partition coefficient (Wildman–Crippen LogP) is 6.26. The third-order valence-electron chi connectivity index (χ3n) is 3.83. The molecule has 0 N–H and O–H groups in total. The van der Waals surface area contributed by atoms with E-state index >= 15 is 0 Å². The summed E-state index contributed by atoms with van der Waals surface area (Å²) in [5.41, 5.74) is 1.38. The van der Waals surface area contributed by atoms with E-state index in [-0.39, 0.29) is 5.43 Å². The Hall–Kier alpha value is -2.49. The Balaban J connectivity index is 1.97. The number of hydrogen-bond donors (Lipinski definition) is 0. The Labute approximate surface area is 154 Å². The van der Waals surface area contributed by atoms with Crippen LogP contribution < -0.4 is 5.43 Å². The molecule has 2 nitrogen and oxygen atoms in total. The molecule has 4 aromatic rings. The lowest BCUT2D eigenvalue weighted by molar-refractivity contribution is 0.605. The van der Waals surface area contributed by atoms with E-state index in [1.807, 2.05) is 60.7 Å². The van der Waals surface area contributed by atoms with Crippen molar-refractivity contribution in [3.8, 4) is 11.3 Å². The van der Waals surface area contributed by atoms with Crippen molar-refractivity contribution in [3.05, 3.63) is 94.1 Å². The molecular formula is C21H13ClO2S. The van der Waals surface area contributed by atoms with Crippen LogP contribution in [-0.2, 0) is 0 Å². The lowest BCUT2D eigenvalue weighted by Gasteiger charge is -2.10. The van der Waals surface area contributed by atoms with Crippen LogP contribution in [0.2, 0.25) is 5.02 Å². The van der Waals surface area contributed by atoms with Crippen LogP contribution in [0.3, 0.4) is 0 Å². The molecule has 3 aromatic carbocycles. The fourth-order valence-electron chi connectivity index (χ4n) is 2.62. The number of fused-ring (bicyclic) bond motifs is 1. The van der Waals surface area contributed by atoms with E-state index in [0.717, 1.165) is 10.5 Å². The maximum Gasteiger partial charge on any atom is 0.207 e. The Morgan fingerprint density at radius 1 is 0.800 bits per heavy atom. The van der Waals surface area contributed by atoms with Gasteiger partial charge in [0.2, 0.25) is 5.43 Å². The van der Waals surface area contributed by atoms with Gasteiger partial charge < -0.3 is 4.42 Å². The molecule has 122 valence electrons. The summed E-state index contributed by atoms with van der Waals surface area (Å²) >= 11 is 7.41. The van der Waals surface area contributed by atoms with Crippen molar-refractivity contribution in [1.82, 2.24) is 0 Å². The van der Waals surface area contributed by atoms with E-state index in [1.165, 1.54) is 11.8 Å². The van der Waals surface area contributed by atoms with Gasteiger partial charge in [0.15, 0.2) is 5.76 Å². The molecule has 0 fully saturated rings. The molecule has 0 aliphatic rings. The van der Waals surface area contributed by atoms with Gasteiger partial charge >= 0.3 is 0 Å². The molecule has 0 unspecified atom stereocenters. The van der Waals surface area contributed by atoms with Crippen molar-refractivity contribution < 1.29 is 4.42 Å². The van der Waals surface area contributed by atoms with Gasteiger partial charge in [-0.2, -0.15) is 0 Å². The maximum absolute atomic E-state index is 13.1. The summed E-state index contributed by atoms with van der Waals surface area (Å²) in [4.78, 5) is 14.6. The van der Waals surface area contributed by atoms with Gasteiger partial charge in [0.25, 0.3) is 0 Å². The molecule has 0 atom stereocenters. The van der Waals surface area contributed by atoms with Crippen molar-refractivity contribution in [1.29, 1.82) is 0 Å². The minimum absolute atomic E-state index is 0.0272. The van der Waals surface area contributed by atoms with Crippen LogP contribution in [0.4, 0.5) is 0 Å². The fraction of sp³-hybridized carbons (Fsp3) is 0. The smallest absolute Gasteiger partial charge is 0.207 e. The molecule has 25 heavy (non-hydrogen) atoms. The molecule has 0 radical (unpaired) electrons. The summed E-state index contributed by atoms with van der Waals surface area (Å²) < 4.78 is 6.11. The zero-order chi connectivity index (χ0) is 17.2. The standard InChI is InChI=1S/C21H13ClO2S/c22-15-12-10-14(11-13-15)20-21(25-16-6-2-1-3-7-16)19(23)17-8-4-5-9-18(17)24-20/h1-13H. The molecule has 0 spiro atoms. The van der Waals surface area contributed by atoms with E-state index in [0.29, 0.717) is 26.6 Å². The molecule has 0 saturated carbocycles. The number of para-hydroxylation sites is 1. The summed E-state index contributed by atoms with van der Waals surface area (Å²) in [5, 5.41) is 1.22. The van der Waals surface area contributed by atoms with Crippen molar-refractivity contribution >= 4 is 34.3 Å². The average Bonchev–Trinajstić information content (AvgIpc) is 2.65. The summed E-state index contributed by atoms with van der Waals surface area (Å²) in [6, 6.07) is 24.4. The van der Waals surface area contributed by atoms with Gasteiger partial charge in [-0.05, 0) is 48.5 Å². The van der Waals surface area contributed by atoms with E-state index in [1.54, 1.807) is 18.2 Å². The van der Waals surface area contributed by atoms with Crippen LogP contribution >= 0.6 is 23.4 Å². The van der Waals surface area contributed by atoms with Crippen molar-refractivity contribution in [2.75, 3.05) is 0 Å². The molecule has 4 rings (SSSR count). The highest BCUT2D eigenvalue weighted by atomic mass is 35.5. The molecule has 4 heteroatoms. The van der Waals surface area contributed by atoms with E-state index < -0.39 is 0 Å². The van der Waals surface area contributed by atoms with Gasteiger partial charge in [0, 0.05) is 15.5 Å². The topological polar surface area (TPSA) is 30.2 Å². The van der Waals surface area contributed by atoms with Gasteiger partial charge in [-0.3, -0.25) is 4.79 Å². The maximum atomic E-state index is 13.1. The number of hydrogen-bond acceptors (Lipinski definition) is 3. The van der Waals surface area contributed by atoms with Crippen molar-refractivity contribution in [3.63, 3.8) is 0 Å². The first kappa shape index (κ1) is 16.0. The Kier molecular flexibility index (Phi) is 4.35. The second-order valence-corrected chi connectivity index (χ2v) is 7.03. The summed E-state index contributed by atoms with van der Waals surface area (Å²) in [6.45, 7) is 0. The zero-order valence-electron chi connectivity index (χ0n) is 13.1. The van der Waals surface area contributed by atoms with Crippen LogP contribution in [0.1, 0.15) is 0 Å². The minimum Gasteiger partial charge on any atom is -0.455 e. The van der Waals surface area contributed by atoms with Crippen LogP contribution in [-0.4, -0.2) is 0 Å². The van der Waals surface area contributed by atoms with Gasteiger partial charge in [-0.15, -0.1) is 0 Å². The molecular weight excluding hydrogens is 352 g/mol. The van der Waals surface area contributed by atoms with Crippen LogP contribution in [0.25, 0.3) is 22.3 Å². The van der Waals surface area contributed by atoms with Gasteiger partial charge in [0.05, 0.1) is 5.39 Å². The van der Waals surface area contributed by atoms with Gasteiger partial charge in [-0.25, -0.2) is 0 Å². The average molecular weight is 365 g/mol. The van der Waals surface area contributed by atoms with Crippen molar-refractivity contribution in [2.45, 2.75) is 9.79 Å². The summed E-state index contributed by atoms with van der Waals surface area (Å²) in [7, 11) is 0. The second kappa shape index (κ2) is 6.79. The van der Waals surface area contributed by atoms with Crippen LogP contribution in [0, 0.1) is 0 Å². The predicted molar refractivity (Wildman–Crippen MR) is 103 cm³/mol. The van der Waals surface area contributed by atoms with E-state index in [2.05, 4.69) is 0 Å². The first-order chi connectivity index (χ1) is 12.2. The highest BCUT2D eigenvalue weighted by Crippen LogP contribution is 2.36. The highest BCUT2D eigenvalue weighted by molar-refractivity contribution is 7.99. The third-order valence-corrected chi connectivity index (χ3v) is 5.16. The summed E-state index contributed by atoms with van der Waals surface area (Å²) in [5.74, 6) is 0.564. The first-order valence-electron chi connectivity index (χ1n) is 7.77. The molecule has 0 aliphatic carbocycles. The normalized spacial score (nSPS) is 10.9. The Morgan fingerprint density at radius 2 is 1.48 bits per heavy atom. The molecule has 0 aliphatic heterocycles. The van der Waals surface area contributed by atoms with Crippen molar-refractivity contribution in [2.24, 2.45) is 0 Å². The van der Waals surface area contributed by atoms with E-state index in [9.17, 15) is 4.79 Å². The molecule has 0 amide bonds. The number of halogens is 1. The number of benzene rings is 3. The zero-order valence-corrected chi connectivity index (χ0v) is 14.7. The lowest BCUT2D eigenvalue weighted by Crippen LogP contribution is -2.06. The Bertz CT molecular complexity index is 1090. The molecule has 0 saturated heterocycles. The monoisotopic (exact) mass is 364 g/mol. The molecule has 1 heterocycles. The van der Waals surface area contributed by atoms with Crippen LogP contribution in [0.15, 0.2) is 97.9 Å². The molecule has 1 aromatic heterocycles. The second-order valence-electron chi connectivity index (χ2n) is 5.51. The third kappa shape index (κ3) is 3.21. The molecule has 0 bridgehead atoms. The van der Waals surface area contributed by atoms with Gasteiger partial charge in [-0.1, -0.05) is 53.7 Å². The van der Waals surface area contributed by atoms with Gasteiger partial charge in [0.1, 0.15) is 10.5 Å². The Morgan fingerprint density at radius 3 is 2.24 bits per heavy atom. The fourth-order valence-corrected chi connectivity index (χ4v) is 3.73. The number of rotatable bonds is 3. The SMILES string of the molecule is O=c1c(Sc2ccccc2)c(-c2ccc(Cl)cc2)oc2ccccc12. The lowest BCUT2D eigenvalue weighted by atomic mass is 10.1. The van der Waals surface area contributed by atoms with E-state index in [4.69, 9.17) is 16.0 Å². The first-order valence-corrected chi connectivity index (χ1v) is 8.96. The summed E-state index contributed by atoms with van der Waals surface area (Å²) in [6.07, 6.45) is 0. The largest absolute Gasteiger partial charge is 0.455 e. The van der Waals surface area contributed by atoms with Crippen LogP contribution in [0.5, 0.6) is 0 Å².